The van der Waals surface area contributed by atoms with E-state index in [4.69, 9.17) is 19.4 Å². The number of hydrogen-bond donors (Lipinski definition) is 0. The van der Waals surface area contributed by atoms with Gasteiger partial charge in [0.05, 0.1) is 11.0 Å². The molecule has 4 aromatic carbocycles. The van der Waals surface area contributed by atoms with Crippen molar-refractivity contribution in [2.75, 3.05) is 0 Å². The largest absolute Gasteiger partial charge is 0.456 e. The van der Waals surface area contributed by atoms with Crippen molar-refractivity contribution in [3.63, 3.8) is 0 Å². The highest BCUT2D eigenvalue weighted by Gasteiger charge is 2.22. The minimum Gasteiger partial charge on any atom is -0.456 e. The molecule has 0 unspecified atom stereocenters. The van der Waals surface area contributed by atoms with Crippen molar-refractivity contribution in [2.45, 2.75) is 0 Å². The van der Waals surface area contributed by atoms with Crippen LogP contribution in [0.1, 0.15) is 0 Å². The van der Waals surface area contributed by atoms with Crippen LogP contribution in [0.3, 0.4) is 0 Å². The van der Waals surface area contributed by atoms with Crippen molar-refractivity contribution in [1.29, 1.82) is 0 Å². The summed E-state index contributed by atoms with van der Waals surface area (Å²) in [5.41, 5.74) is 9.86. The molecule has 39 heavy (non-hydrogen) atoms. The zero-order valence-corrected chi connectivity index (χ0v) is 20.6. The van der Waals surface area contributed by atoms with Gasteiger partial charge in [-0.15, -0.1) is 0 Å². The molecule has 9 aromatic rings. The first-order valence-corrected chi connectivity index (χ1v) is 12.9. The molecule has 5 heterocycles. The van der Waals surface area contributed by atoms with Crippen LogP contribution in [0.25, 0.3) is 77.6 Å². The predicted molar refractivity (Wildman–Crippen MR) is 156 cm³/mol. The van der Waals surface area contributed by atoms with Crippen LogP contribution in [0, 0.1) is 0 Å². The molecule has 6 nitrogen and oxygen atoms in total. The van der Waals surface area contributed by atoms with E-state index in [-0.39, 0.29) is 0 Å². The number of para-hydroxylation sites is 3. The number of fused-ring (bicyclic) bond motifs is 9. The van der Waals surface area contributed by atoms with Gasteiger partial charge in [0.25, 0.3) is 0 Å². The van der Waals surface area contributed by atoms with Gasteiger partial charge >= 0.3 is 0 Å². The summed E-state index contributed by atoms with van der Waals surface area (Å²) >= 11 is 0. The zero-order valence-electron chi connectivity index (χ0n) is 20.6. The molecule has 0 spiro atoms. The van der Waals surface area contributed by atoms with E-state index in [0.29, 0.717) is 0 Å². The van der Waals surface area contributed by atoms with Gasteiger partial charge in [0.15, 0.2) is 11.3 Å². The SMILES string of the molecule is c1ccc(-n2c3ccccc3c3nc4c(nc32)c2ncccc2n4-c2ccc3oc4ccccc4c3c2)cc1. The smallest absolute Gasteiger partial charge is 0.166 e. The Morgan fingerprint density at radius 3 is 2.10 bits per heavy atom. The second-order valence-electron chi connectivity index (χ2n) is 9.74. The molecule has 5 aromatic heterocycles. The van der Waals surface area contributed by atoms with Crippen LogP contribution < -0.4 is 0 Å². The minimum absolute atomic E-state index is 0.773. The maximum atomic E-state index is 6.10. The molecular formula is C33H19N5O. The summed E-state index contributed by atoms with van der Waals surface area (Å²) < 4.78 is 10.5. The van der Waals surface area contributed by atoms with E-state index in [2.05, 4.69) is 69.8 Å². The van der Waals surface area contributed by atoms with Crippen LogP contribution in [-0.4, -0.2) is 24.1 Å². The van der Waals surface area contributed by atoms with E-state index in [9.17, 15) is 0 Å². The summed E-state index contributed by atoms with van der Waals surface area (Å²) in [6.45, 7) is 0. The Hall–Kier alpha value is -5.49. The van der Waals surface area contributed by atoms with E-state index in [1.165, 1.54) is 0 Å². The fourth-order valence-electron chi connectivity index (χ4n) is 5.88. The number of hydrogen-bond acceptors (Lipinski definition) is 4. The van der Waals surface area contributed by atoms with Crippen LogP contribution in [0.15, 0.2) is 120 Å². The van der Waals surface area contributed by atoms with Gasteiger partial charge in [0.1, 0.15) is 27.7 Å². The van der Waals surface area contributed by atoms with E-state index in [0.717, 1.165) is 77.6 Å². The number of pyridine rings is 1. The Kier molecular flexibility index (Phi) is 3.96. The van der Waals surface area contributed by atoms with E-state index in [1.54, 1.807) is 0 Å². The highest BCUT2D eigenvalue weighted by Crippen LogP contribution is 2.36. The second-order valence-corrected chi connectivity index (χ2v) is 9.74. The van der Waals surface area contributed by atoms with Crippen molar-refractivity contribution < 1.29 is 4.42 Å². The quantitative estimate of drug-likeness (QED) is 0.241. The minimum atomic E-state index is 0.773. The molecular weight excluding hydrogens is 482 g/mol. The van der Waals surface area contributed by atoms with Gasteiger partial charge in [-0.05, 0) is 54.6 Å². The molecule has 0 bridgehead atoms. The maximum Gasteiger partial charge on any atom is 0.166 e. The molecule has 0 amide bonds. The molecule has 0 aliphatic carbocycles. The maximum absolute atomic E-state index is 6.10. The Bertz CT molecular complexity index is 2400. The third-order valence-corrected chi connectivity index (χ3v) is 7.57. The van der Waals surface area contributed by atoms with Crippen molar-refractivity contribution in [2.24, 2.45) is 0 Å². The lowest BCUT2D eigenvalue weighted by Gasteiger charge is -2.08. The summed E-state index contributed by atoms with van der Waals surface area (Å²) in [4.78, 5) is 15.3. The van der Waals surface area contributed by atoms with Crippen LogP contribution in [0.4, 0.5) is 0 Å². The van der Waals surface area contributed by atoms with Crippen molar-refractivity contribution in [1.82, 2.24) is 24.1 Å². The van der Waals surface area contributed by atoms with Crippen LogP contribution in [0.5, 0.6) is 0 Å². The Labute approximate surface area is 221 Å². The molecule has 0 N–H and O–H groups in total. The second kappa shape index (κ2) is 7.52. The van der Waals surface area contributed by atoms with E-state index >= 15 is 0 Å². The average molecular weight is 502 g/mol. The summed E-state index contributed by atoms with van der Waals surface area (Å²) in [5, 5.41) is 3.22. The van der Waals surface area contributed by atoms with Crippen molar-refractivity contribution >= 4 is 66.2 Å². The van der Waals surface area contributed by atoms with Gasteiger partial charge < -0.3 is 4.42 Å². The van der Waals surface area contributed by atoms with Crippen molar-refractivity contribution in [3.8, 4) is 11.4 Å². The van der Waals surface area contributed by atoms with Crippen LogP contribution >= 0.6 is 0 Å². The molecule has 0 aliphatic rings. The van der Waals surface area contributed by atoms with Crippen LogP contribution in [0.2, 0.25) is 0 Å². The summed E-state index contributed by atoms with van der Waals surface area (Å²) in [7, 11) is 0. The lowest BCUT2D eigenvalue weighted by molar-refractivity contribution is 0.669. The number of furan rings is 1. The lowest BCUT2D eigenvalue weighted by atomic mass is 10.1. The third kappa shape index (κ3) is 2.77. The first kappa shape index (κ1) is 20.6. The standard InChI is InChI=1S/C33H19N5O/c1-2-9-20(10-3-1)37-25-13-6-4-12-23(25)29-32(37)36-31-30-26(14-8-18-34-30)38(33(31)35-29)21-16-17-28-24(19-21)22-11-5-7-15-27(22)39-28/h1-19H. The molecule has 0 saturated heterocycles. The molecule has 0 saturated carbocycles. The molecule has 0 atom stereocenters. The highest BCUT2D eigenvalue weighted by molar-refractivity contribution is 6.12. The van der Waals surface area contributed by atoms with E-state index < -0.39 is 0 Å². The monoisotopic (exact) mass is 501 g/mol. The molecule has 182 valence electrons. The number of aromatic nitrogens is 5. The fraction of sp³-hybridized carbons (Fsp3) is 0. The Morgan fingerprint density at radius 2 is 1.18 bits per heavy atom. The van der Waals surface area contributed by atoms with E-state index in [1.807, 2.05) is 54.7 Å². The molecule has 0 aliphatic heterocycles. The third-order valence-electron chi connectivity index (χ3n) is 7.57. The van der Waals surface area contributed by atoms with Gasteiger partial charge in [0.2, 0.25) is 0 Å². The first-order chi connectivity index (χ1) is 19.3. The molecule has 0 radical (unpaired) electrons. The first-order valence-electron chi connectivity index (χ1n) is 12.9. The van der Waals surface area contributed by atoms with Gasteiger partial charge in [-0.1, -0.05) is 54.6 Å². The lowest BCUT2D eigenvalue weighted by Crippen LogP contribution is -1.98. The van der Waals surface area contributed by atoms with Gasteiger partial charge in [0, 0.05) is 33.7 Å². The Morgan fingerprint density at radius 1 is 0.487 bits per heavy atom. The van der Waals surface area contributed by atoms with Gasteiger partial charge in [-0.2, -0.15) is 0 Å². The molecule has 9 rings (SSSR count). The summed E-state index contributed by atoms with van der Waals surface area (Å²) in [6.07, 6.45) is 1.82. The zero-order chi connectivity index (χ0) is 25.5. The summed E-state index contributed by atoms with van der Waals surface area (Å²) in [5.74, 6) is 0. The van der Waals surface area contributed by atoms with Gasteiger partial charge in [-0.3, -0.25) is 14.1 Å². The predicted octanol–water partition coefficient (Wildman–Crippen LogP) is 7.97. The normalized spacial score (nSPS) is 12.1. The molecule has 6 heteroatoms. The molecule has 0 fully saturated rings. The highest BCUT2D eigenvalue weighted by atomic mass is 16.3. The number of benzene rings is 4. The topological polar surface area (TPSA) is 61.7 Å². The summed E-state index contributed by atoms with van der Waals surface area (Å²) in [6, 6.07) is 37.1. The van der Waals surface area contributed by atoms with Crippen molar-refractivity contribution in [3.05, 3.63) is 115 Å². The Balaban J connectivity index is 1.43. The van der Waals surface area contributed by atoms with Gasteiger partial charge in [-0.25, -0.2) is 9.97 Å². The average Bonchev–Trinajstić information content (AvgIpc) is 3.63. The number of nitrogens with zero attached hydrogens (tertiary/aromatic N) is 5. The van der Waals surface area contributed by atoms with Crippen LogP contribution in [-0.2, 0) is 0 Å². The number of rotatable bonds is 2. The fourth-order valence-corrected chi connectivity index (χ4v) is 5.88.